The van der Waals surface area contributed by atoms with Crippen LogP contribution >= 0.6 is 0 Å². The molecule has 27 heavy (non-hydrogen) atoms. The lowest BCUT2D eigenvalue weighted by molar-refractivity contribution is 0.0986. The van der Waals surface area contributed by atoms with Crippen LogP contribution in [0.1, 0.15) is 48.5 Å². The van der Waals surface area contributed by atoms with Crippen molar-refractivity contribution >= 4 is 11.5 Å². The maximum absolute atomic E-state index is 12.4. The van der Waals surface area contributed by atoms with Gasteiger partial charge in [-0.1, -0.05) is 80.6 Å². The molecule has 0 saturated heterocycles. The molecule has 0 aliphatic carbocycles. The van der Waals surface area contributed by atoms with Crippen LogP contribution in [0.15, 0.2) is 78.9 Å². The van der Waals surface area contributed by atoms with Gasteiger partial charge in [-0.15, -0.1) is 0 Å². The van der Waals surface area contributed by atoms with E-state index in [2.05, 4.69) is 55.6 Å². The van der Waals surface area contributed by atoms with Crippen molar-refractivity contribution in [3.63, 3.8) is 0 Å². The number of anilines is 1. The Morgan fingerprint density at radius 1 is 0.852 bits per heavy atom. The van der Waals surface area contributed by atoms with Crippen LogP contribution in [-0.2, 0) is 0 Å². The second kappa shape index (κ2) is 9.18. The zero-order chi connectivity index (χ0) is 19.1. The maximum Gasteiger partial charge on any atom is 0.164 e. The van der Waals surface area contributed by atoms with Crippen molar-refractivity contribution in [1.29, 1.82) is 0 Å². The molecule has 0 aliphatic heterocycles. The van der Waals surface area contributed by atoms with Crippen molar-refractivity contribution in [3.8, 4) is 11.1 Å². The van der Waals surface area contributed by atoms with Crippen LogP contribution in [0.4, 0.5) is 5.69 Å². The number of carbonyl (C=O) groups is 1. The summed E-state index contributed by atoms with van der Waals surface area (Å²) in [5.41, 5.74) is 5.49. The van der Waals surface area contributed by atoms with Crippen LogP contribution in [-0.4, -0.2) is 12.3 Å². The summed E-state index contributed by atoms with van der Waals surface area (Å²) in [7, 11) is 0. The molecule has 0 saturated carbocycles. The molecule has 3 rings (SSSR count). The summed E-state index contributed by atoms with van der Waals surface area (Å²) in [6.07, 6.45) is 1.63. The lowest BCUT2D eigenvalue weighted by atomic mass is 9.98. The zero-order valence-electron chi connectivity index (χ0n) is 16.1. The number of hydrogen-bond acceptors (Lipinski definition) is 2. The molecule has 3 aromatic rings. The fourth-order valence-corrected chi connectivity index (χ4v) is 3.11. The van der Waals surface area contributed by atoms with E-state index in [1.54, 1.807) is 0 Å². The summed E-state index contributed by atoms with van der Waals surface area (Å²) < 4.78 is 0. The SMILES string of the molecule is CC[C@H](C)c1ccc(NCCC(=O)c2ccc(-c3ccccc3)cc2)cc1. The smallest absolute Gasteiger partial charge is 0.164 e. The van der Waals surface area contributed by atoms with E-state index in [9.17, 15) is 4.79 Å². The summed E-state index contributed by atoms with van der Waals surface area (Å²) in [6, 6.07) is 26.6. The van der Waals surface area contributed by atoms with E-state index in [1.807, 2.05) is 42.5 Å². The van der Waals surface area contributed by atoms with Gasteiger partial charge in [-0.05, 0) is 41.2 Å². The second-order valence-corrected chi connectivity index (χ2v) is 6.97. The highest BCUT2D eigenvalue weighted by molar-refractivity contribution is 5.96. The summed E-state index contributed by atoms with van der Waals surface area (Å²) in [5.74, 6) is 0.748. The Balaban J connectivity index is 1.52. The molecule has 0 bridgehead atoms. The standard InChI is InChI=1S/C25H27NO/c1-3-19(2)20-13-15-24(16-14-20)26-18-17-25(27)23-11-9-22(10-12-23)21-7-5-4-6-8-21/h4-16,19,26H,3,17-18H2,1-2H3/t19-/m0/s1. The number of hydrogen-bond donors (Lipinski definition) is 1. The van der Waals surface area contributed by atoms with Gasteiger partial charge in [0.1, 0.15) is 0 Å². The van der Waals surface area contributed by atoms with Gasteiger partial charge in [-0.2, -0.15) is 0 Å². The first-order valence-corrected chi connectivity index (χ1v) is 9.70. The Morgan fingerprint density at radius 2 is 1.48 bits per heavy atom. The molecule has 0 spiro atoms. The molecule has 0 heterocycles. The van der Waals surface area contributed by atoms with Gasteiger partial charge < -0.3 is 5.32 Å². The second-order valence-electron chi connectivity index (χ2n) is 6.97. The largest absolute Gasteiger partial charge is 0.385 e. The highest BCUT2D eigenvalue weighted by atomic mass is 16.1. The molecular formula is C25H27NO. The molecule has 2 nitrogen and oxygen atoms in total. The average Bonchev–Trinajstić information content (AvgIpc) is 2.74. The van der Waals surface area contributed by atoms with E-state index in [0.717, 1.165) is 23.2 Å². The van der Waals surface area contributed by atoms with Gasteiger partial charge in [0.05, 0.1) is 0 Å². The number of nitrogens with one attached hydrogen (secondary N) is 1. The average molecular weight is 357 g/mol. The van der Waals surface area contributed by atoms with Crippen LogP contribution < -0.4 is 5.32 Å². The van der Waals surface area contributed by atoms with Gasteiger partial charge in [-0.3, -0.25) is 4.79 Å². The van der Waals surface area contributed by atoms with Gasteiger partial charge in [0.15, 0.2) is 5.78 Å². The minimum atomic E-state index is 0.165. The first kappa shape index (κ1) is 18.9. The Kier molecular flexibility index (Phi) is 6.43. The van der Waals surface area contributed by atoms with E-state index in [-0.39, 0.29) is 5.78 Å². The first-order chi connectivity index (χ1) is 13.2. The molecule has 1 atom stereocenters. The summed E-state index contributed by atoms with van der Waals surface area (Å²) in [4.78, 5) is 12.4. The Bertz CT molecular complexity index is 851. The molecule has 0 amide bonds. The van der Waals surface area contributed by atoms with Crippen molar-refractivity contribution in [3.05, 3.63) is 90.0 Å². The molecule has 2 heteroatoms. The van der Waals surface area contributed by atoms with Crippen LogP contribution in [0.25, 0.3) is 11.1 Å². The Morgan fingerprint density at radius 3 is 2.11 bits per heavy atom. The quantitative estimate of drug-likeness (QED) is 0.463. The highest BCUT2D eigenvalue weighted by Crippen LogP contribution is 2.21. The molecule has 0 aliphatic rings. The lowest BCUT2D eigenvalue weighted by Gasteiger charge is -2.11. The van der Waals surface area contributed by atoms with Gasteiger partial charge in [-0.25, -0.2) is 0 Å². The molecule has 138 valence electrons. The highest BCUT2D eigenvalue weighted by Gasteiger charge is 2.07. The van der Waals surface area contributed by atoms with Gasteiger partial charge in [0.25, 0.3) is 0 Å². The third-order valence-electron chi connectivity index (χ3n) is 5.09. The van der Waals surface area contributed by atoms with Crippen molar-refractivity contribution in [2.45, 2.75) is 32.6 Å². The van der Waals surface area contributed by atoms with E-state index >= 15 is 0 Å². The van der Waals surface area contributed by atoms with Crippen LogP contribution in [0, 0.1) is 0 Å². The third-order valence-corrected chi connectivity index (χ3v) is 5.09. The molecule has 0 radical (unpaired) electrons. The summed E-state index contributed by atoms with van der Waals surface area (Å²) in [6.45, 7) is 5.08. The minimum Gasteiger partial charge on any atom is -0.385 e. The molecule has 1 N–H and O–H groups in total. The van der Waals surface area contributed by atoms with Crippen LogP contribution in [0.2, 0.25) is 0 Å². The summed E-state index contributed by atoms with van der Waals surface area (Å²) in [5, 5.41) is 3.35. The fraction of sp³-hybridized carbons (Fsp3) is 0.240. The van der Waals surface area contributed by atoms with Crippen molar-refractivity contribution < 1.29 is 4.79 Å². The predicted octanol–water partition coefficient (Wildman–Crippen LogP) is 6.55. The van der Waals surface area contributed by atoms with Crippen molar-refractivity contribution in [2.24, 2.45) is 0 Å². The van der Waals surface area contributed by atoms with E-state index in [1.165, 1.54) is 11.1 Å². The monoisotopic (exact) mass is 357 g/mol. The zero-order valence-corrected chi connectivity index (χ0v) is 16.1. The molecular weight excluding hydrogens is 330 g/mol. The van der Waals surface area contributed by atoms with Crippen molar-refractivity contribution in [1.82, 2.24) is 0 Å². The summed E-state index contributed by atoms with van der Waals surface area (Å²) >= 11 is 0. The number of carbonyl (C=O) groups excluding carboxylic acids is 1. The van der Waals surface area contributed by atoms with Crippen LogP contribution in [0.5, 0.6) is 0 Å². The van der Waals surface area contributed by atoms with Gasteiger partial charge >= 0.3 is 0 Å². The molecule has 3 aromatic carbocycles. The molecule has 0 aromatic heterocycles. The van der Waals surface area contributed by atoms with E-state index < -0.39 is 0 Å². The number of ketones is 1. The maximum atomic E-state index is 12.4. The predicted molar refractivity (Wildman–Crippen MR) is 114 cm³/mol. The topological polar surface area (TPSA) is 29.1 Å². The number of rotatable bonds is 8. The fourth-order valence-electron chi connectivity index (χ4n) is 3.11. The normalized spacial score (nSPS) is 11.8. The van der Waals surface area contributed by atoms with Crippen molar-refractivity contribution in [2.75, 3.05) is 11.9 Å². The molecule has 0 fully saturated rings. The lowest BCUT2D eigenvalue weighted by Crippen LogP contribution is -2.09. The number of benzene rings is 3. The number of Topliss-reactive ketones (excluding diaryl/α,β-unsaturated/α-hetero) is 1. The van der Waals surface area contributed by atoms with Gasteiger partial charge in [0, 0.05) is 24.2 Å². The minimum absolute atomic E-state index is 0.165. The first-order valence-electron chi connectivity index (χ1n) is 9.70. The van der Waals surface area contributed by atoms with Crippen LogP contribution in [0.3, 0.4) is 0 Å². The van der Waals surface area contributed by atoms with E-state index in [4.69, 9.17) is 0 Å². The Hall–Kier alpha value is -2.87. The Labute approximate surface area is 162 Å². The molecule has 0 unspecified atom stereocenters. The third kappa shape index (κ3) is 5.07. The van der Waals surface area contributed by atoms with Gasteiger partial charge in [0.2, 0.25) is 0 Å². The van der Waals surface area contributed by atoms with E-state index in [0.29, 0.717) is 18.9 Å².